The molecule has 0 saturated heterocycles. The fraction of sp³-hybridized carbons (Fsp3) is 0.600. The second-order valence-electron chi connectivity index (χ2n) is 4.21. The average molecular weight is 249 g/mol. The second-order valence-corrected chi connectivity index (χ2v) is 4.59. The SMILES string of the molecule is CC(C)CC(C)n1c(=O)[nH]c(Cl)c(F)c1=O. The fourth-order valence-corrected chi connectivity index (χ4v) is 1.85. The number of H-pyrrole nitrogens is 1. The average Bonchev–Trinajstić information content (AvgIpc) is 2.13. The number of aromatic nitrogens is 2. The Morgan fingerprint density at radius 1 is 1.38 bits per heavy atom. The third kappa shape index (κ3) is 2.52. The predicted octanol–water partition coefficient (Wildman–Crippen LogP) is 1.94. The van der Waals surface area contributed by atoms with E-state index in [1.807, 2.05) is 13.8 Å². The molecule has 1 aromatic heterocycles. The molecule has 0 radical (unpaired) electrons. The van der Waals surface area contributed by atoms with Crippen molar-refractivity contribution in [1.82, 2.24) is 9.55 Å². The highest BCUT2D eigenvalue weighted by molar-refractivity contribution is 6.29. The molecule has 0 fully saturated rings. The summed E-state index contributed by atoms with van der Waals surface area (Å²) in [6.07, 6.45) is 0.615. The van der Waals surface area contributed by atoms with Crippen LogP contribution in [0.1, 0.15) is 33.2 Å². The van der Waals surface area contributed by atoms with Gasteiger partial charge in [0.15, 0.2) is 5.15 Å². The van der Waals surface area contributed by atoms with Gasteiger partial charge in [-0.25, -0.2) is 4.79 Å². The molecule has 0 aromatic carbocycles. The van der Waals surface area contributed by atoms with Gasteiger partial charge in [-0.05, 0) is 19.3 Å². The summed E-state index contributed by atoms with van der Waals surface area (Å²) in [6.45, 7) is 5.62. The maximum Gasteiger partial charge on any atom is 0.329 e. The summed E-state index contributed by atoms with van der Waals surface area (Å²) in [5.74, 6) is -0.808. The van der Waals surface area contributed by atoms with Crippen molar-refractivity contribution in [3.05, 3.63) is 31.8 Å². The van der Waals surface area contributed by atoms with Crippen molar-refractivity contribution in [3.8, 4) is 0 Å². The third-order valence-corrected chi connectivity index (χ3v) is 2.55. The van der Waals surface area contributed by atoms with E-state index in [-0.39, 0.29) is 6.04 Å². The van der Waals surface area contributed by atoms with Gasteiger partial charge in [-0.2, -0.15) is 4.39 Å². The van der Waals surface area contributed by atoms with Crippen LogP contribution in [-0.4, -0.2) is 9.55 Å². The molecule has 1 heterocycles. The van der Waals surface area contributed by atoms with Crippen LogP contribution in [0.3, 0.4) is 0 Å². The highest BCUT2D eigenvalue weighted by Gasteiger charge is 2.17. The van der Waals surface area contributed by atoms with Gasteiger partial charge in [0.05, 0.1) is 0 Å². The minimum absolute atomic E-state index is 0.306. The summed E-state index contributed by atoms with van der Waals surface area (Å²) >= 11 is 5.36. The van der Waals surface area contributed by atoms with Crippen molar-refractivity contribution in [2.24, 2.45) is 5.92 Å². The molecule has 1 rings (SSSR count). The number of rotatable bonds is 3. The molecule has 0 bridgehead atoms. The van der Waals surface area contributed by atoms with Crippen molar-refractivity contribution in [2.45, 2.75) is 33.2 Å². The predicted molar refractivity (Wildman–Crippen MR) is 60.5 cm³/mol. The summed E-state index contributed by atoms with van der Waals surface area (Å²) in [6, 6.07) is -0.358. The molecule has 4 nitrogen and oxygen atoms in total. The Hall–Kier alpha value is -1.10. The van der Waals surface area contributed by atoms with Gasteiger partial charge in [0, 0.05) is 6.04 Å². The van der Waals surface area contributed by atoms with Crippen LogP contribution < -0.4 is 11.2 Å². The molecular formula is C10H14ClFN2O2. The smallest absolute Gasteiger partial charge is 0.295 e. The molecule has 1 N–H and O–H groups in total. The summed E-state index contributed by atoms with van der Waals surface area (Å²) in [4.78, 5) is 25.1. The van der Waals surface area contributed by atoms with Crippen LogP contribution in [-0.2, 0) is 0 Å². The molecule has 1 aromatic rings. The van der Waals surface area contributed by atoms with E-state index in [0.717, 1.165) is 4.57 Å². The van der Waals surface area contributed by atoms with Crippen LogP contribution in [0.4, 0.5) is 4.39 Å². The Morgan fingerprint density at radius 2 is 1.94 bits per heavy atom. The molecule has 0 saturated carbocycles. The summed E-state index contributed by atoms with van der Waals surface area (Å²) in [7, 11) is 0. The maximum absolute atomic E-state index is 13.2. The Morgan fingerprint density at radius 3 is 2.44 bits per heavy atom. The van der Waals surface area contributed by atoms with Crippen molar-refractivity contribution in [1.29, 1.82) is 0 Å². The van der Waals surface area contributed by atoms with Crippen LogP contribution in [0.5, 0.6) is 0 Å². The van der Waals surface area contributed by atoms with E-state index in [1.54, 1.807) is 6.92 Å². The molecule has 16 heavy (non-hydrogen) atoms. The van der Waals surface area contributed by atoms with Crippen molar-refractivity contribution >= 4 is 11.6 Å². The number of hydrogen-bond acceptors (Lipinski definition) is 2. The summed E-state index contributed by atoms with van der Waals surface area (Å²) in [5, 5.41) is -0.539. The zero-order chi connectivity index (χ0) is 12.5. The Bertz CT molecular complexity index is 493. The number of halogens is 2. The lowest BCUT2D eigenvalue weighted by molar-refractivity contribution is 0.394. The Balaban J connectivity index is 3.30. The van der Waals surface area contributed by atoms with Gasteiger partial charge in [0.1, 0.15) is 0 Å². The van der Waals surface area contributed by atoms with Crippen LogP contribution in [0, 0.1) is 11.7 Å². The zero-order valence-electron chi connectivity index (χ0n) is 9.38. The van der Waals surface area contributed by atoms with Gasteiger partial charge in [-0.3, -0.25) is 14.3 Å². The normalized spacial score (nSPS) is 13.1. The molecule has 0 aliphatic rings. The molecule has 0 aliphatic heterocycles. The lowest BCUT2D eigenvalue weighted by Gasteiger charge is -2.15. The second kappa shape index (κ2) is 4.82. The zero-order valence-corrected chi connectivity index (χ0v) is 10.1. The number of aromatic amines is 1. The van der Waals surface area contributed by atoms with E-state index in [4.69, 9.17) is 11.6 Å². The quantitative estimate of drug-likeness (QED) is 0.831. The van der Waals surface area contributed by atoms with Gasteiger partial charge in [-0.15, -0.1) is 0 Å². The van der Waals surface area contributed by atoms with E-state index >= 15 is 0 Å². The summed E-state index contributed by atoms with van der Waals surface area (Å²) < 4.78 is 14.1. The first-order valence-corrected chi connectivity index (χ1v) is 5.42. The van der Waals surface area contributed by atoms with Crippen molar-refractivity contribution in [3.63, 3.8) is 0 Å². The Kier molecular flexibility index (Phi) is 3.91. The van der Waals surface area contributed by atoms with E-state index < -0.39 is 22.2 Å². The van der Waals surface area contributed by atoms with Crippen LogP contribution >= 0.6 is 11.6 Å². The largest absolute Gasteiger partial charge is 0.329 e. The van der Waals surface area contributed by atoms with E-state index in [0.29, 0.717) is 12.3 Å². The Labute approximate surface area is 97.1 Å². The first-order chi connectivity index (χ1) is 7.34. The van der Waals surface area contributed by atoms with Crippen LogP contribution in [0.2, 0.25) is 5.15 Å². The monoisotopic (exact) mass is 248 g/mol. The lowest BCUT2D eigenvalue weighted by atomic mass is 10.1. The first kappa shape index (κ1) is 13.0. The standard InChI is InChI=1S/C10H14ClFN2O2/c1-5(2)4-6(3)14-9(15)7(12)8(11)13-10(14)16/h5-6H,4H2,1-3H3,(H,13,16). The topological polar surface area (TPSA) is 54.9 Å². The third-order valence-electron chi connectivity index (χ3n) is 2.29. The van der Waals surface area contributed by atoms with E-state index in [2.05, 4.69) is 4.98 Å². The number of nitrogens with zero attached hydrogens (tertiary/aromatic N) is 1. The van der Waals surface area contributed by atoms with E-state index in [1.165, 1.54) is 0 Å². The first-order valence-electron chi connectivity index (χ1n) is 5.04. The summed E-state index contributed by atoms with van der Waals surface area (Å²) in [5.41, 5.74) is -1.65. The molecular weight excluding hydrogens is 235 g/mol. The molecule has 0 amide bonds. The van der Waals surface area contributed by atoms with Gasteiger partial charge < -0.3 is 0 Å². The molecule has 90 valence electrons. The highest BCUT2D eigenvalue weighted by Crippen LogP contribution is 2.14. The minimum atomic E-state index is -1.11. The van der Waals surface area contributed by atoms with Crippen molar-refractivity contribution < 1.29 is 4.39 Å². The lowest BCUT2D eigenvalue weighted by Crippen LogP contribution is -2.39. The minimum Gasteiger partial charge on any atom is -0.295 e. The molecule has 0 aliphatic carbocycles. The van der Waals surface area contributed by atoms with Gasteiger partial charge >= 0.3 is 5.69 Å². The van der Waals surface area contributed by atoms with Crippen molar-refractivity contribution in [2.75, 3.05) is 0 Å². The highest BCUT2D eigenvalue weighted by atomic mass is 35.5. The number of nitrogens with one attached hydrogen (secondary N) is 1. The molecule has 0 spiro atoms. The molecule has 6 heteroatoms. The molecule has 1 unspecified atom stereocenters. The van der Waals surface area contributed by atoms with Gasteiger partial charge in [0.2, 0.25) is 5.82 Å². The van der Waals surface area contributed by atoms with Gasteiger partial charge in [-0.1, -0.05) is 25.4 Å². The van der Waals surface area contributed by atoms with E-state index in [9.17, 15) is 14.0 Å². The maximum atomic E-state index is 13.2. The van der Waals surface area contributed by atoms with Gasteiger partial charge in [0.25, 0.3) is 5.56 Å². The van der Waals surface area contributed by atoms with Crippen LogP contribution in [0.25, 0.3) is 0 Å². The van der Waals surface area contributed by atoms with Crippen LogP contribution in [0.15, 0.2) is 9.59 Å². The number of hydrogen-bond donors (Lipinski definition) is 1. The fourth-order valence-electron chi connectivity index (χ4n) is 1.69. The molecule has 1 atom stereocenters.